The predicted octanol–water partition coefficient (Wildman–Crippen LogP) is 4.06. The van der Waals surface area contributed by atoms with Gasteiger partial charge in [-0.15, -0.1) is 11.3 Å². The third-order valence-electron chi connectivity index (χ3n) is 5.43. The minimum atomic E-state index is -0.434. The van der Waals surface area contributed by atoms with Crippen molar-refractivity contribution in [2.24, 2.45) is 0 Å². The number of rotatable bonds is 6. The van der Waals surface area contributed by atoms with E-state index in [0.717, 1.165) is 16.7 Å². The molecular weight excluding hydrogens is 481 g/mol. The monoisotopic (exact) mass is 509 g/mol. The first-order valence-electron chi connectivity index (χ1n) is 11.5. The fourth-order valence-electron chi connectivity index (χ4n) is 3.63. The normalized spacial score (nSPS) is 12.0. The number of thiophene rings is 1. The summed E-state index contributed by atoms with van der Waals surface area (Å²) in [6, 6.07) is 12.0. The Morgan fingerprint density at radius 3 is 2.64 bits per heavy atom. The van der Waals surface area contributed by atoms with E-state index in [2.05, 4.69) is 10.6 Å². The summed E-state index contributed by atoms with van der Waals surface area (Å²) in [7, 11) is 0. The van der Waals surface area contributed by atoms with E-state index in [4.69, 9.17) is 11.1 Å². The summed E-state index contributed by atoms with van der Waals surface area (Å²) >= 11 is 1.36. The third kappa shape index (κ3) is 6.33. The summed E-state index contributed by atoms with van der Waals surface area (Å²) in [5.74, 6) is -1.43. The summed E-state index contributed by atoms with van der Waals surface area (Å²) in [5.41, 5.74) is 8.13. The van der Waals surface area contributed by atoms with Gasteiger partial charge in [0.1, 0.15) is 5.82 Å². The Bertz CT molecular complexity index is 1290. The lowest BCUT2D eigenvalue weighted by atomic mass is 10.1. The largest absolute Gasteiger partial charge is 0.398 e. The molecule has 2 heterocycles. The van der Waals surface area contributed by atoms with E-state index < -0.39 is 11.7 Å². The average Bonchev–Trinajstić information content (AvgIpc) is 3.32. The van der Waals surface area contributed by atoms with Crippen molar-refractivity contribution in [3.05, 3.63) is 80.8 Å². The Labute approximate surface area is 212 Å². The Kier molecular flexibility index (Phi) is 8.91. The van der Waals surface area contributed by atoms with E-state index in [1.54, 1.807) is 23.1 Å². The van der Waals surface area contributed by atoms with Crippen molar-refractivity contribution in [1.29, 1.82) is 5.41 Å². The lowest BCUT2D eigenvalue weighted by Gasteiger charge is -2.27. The van der Waals surface area contributed by atoms with Crippen LogP contribution in [-0.4, -0.2) is 41.9 Å². The second-order valence-corrected chi connectivity index (χ2v) is 8.90. The van der Waals surface area contributed by atoms with Crippen LogP contribution in [0, 0.1) is 11.2 Å². The molecule has 0 fully saturated rings. The maximum atomic E-state index is 13.4. The van der Waals surface area contributed by atoms with Gasteiger partial charge in [0, 0.05) is 46.7 Å². The van der Waals surface area contributed by atoms with Gasteiger partial charge in [-0.3, -0.25) is 14.4 Å². The van der Waals surface area contributed by atoms with Gasteiger partial charge in [0.2, 0.25) is 5.91 Å². The molecule has 0 atom stereocenters. The summed E-state index contributed by atoms with van der Waals surface area (Å²) in [4.78, 5) is 40.8. The van der Waals surface area contributed by atoms with Crippen LogP contribution in [0.15, 0.2) is 48.5 Å². The number of nitrogens with zero attached hydrogens (tertiary/aromatic N) is 1. The van der Waals surface area contributed by atoms with Crippen LogP contribution < -0.4 is 16.4 Å². The van der Waals surface area contributed by atoms with Gasteiger partial charge in [-0.2, -0.15) is 0 Å². The standard InChI is InChI=1S/C24H22FN5O3S.C2H6/c25-17-2-1-3-18(10-17)29-24(33)21-9-16-13-30(7-6-20(16)34-21)22(31)12-28-23(32)14-4-5-19(27)15(8-14)11-26;1-2/h1-5,8-11,26H,6-7,12-13,27H2,(H,28,32)(H,29,33);1-2H3. The number of fused-ring (bicyclic) bond motifs is 1. The molecule has 1 aromatic heterocycles. The van der Waals surface area contributed by atoms with Crippen molar-refractivity contribution in [3.8, 4) is 0 Å². The molecule has 0 saturated heterocycles. The van der Waals surface area contributed by atoms with Crippen LogP contribution >= 0.6 is 11.3 Å². The number of anilines is 2. The van der Waals surface area contributed by atoms with Crippen LogP contribution in [0.25, 0.3) is 0 Å². The number of nitrogens with two attached hydrogens (primary N) is 1. The van der Waals surface area contributed by atoms with Gasteiger partial charge in [-0.05, 0) is 54.4 Å². The highest BCUT2D eigenvalue weighted by molar-refractivity contribution is 7.14. The highest BCUT2D eigenvalue weighted by Crippen LogP contribution is 2.29. The molecule has 36 heavy (non-hydrogen) atoms. The molecule has 3 aromatic rings. The molecule has 0 bridgehead atoms. The molecule has 0 unspecified atom stereocenters. The van der Waals surface area contributed by atoms with E-state index in [-0.39, 0.29) is 18.4 Å². The van der Waals surface area contributed by atoms with Gasteiger partial charge in [0.15, 0.2) is 0 Å². The zero-order valence-electron chi connectivity index (χ0n) is 20.1. The van der Waals surface area contributed by atoms with E-state index in [0.29, 0.717) is 46.9 Å². The van der Waals surface area contributed by atoms with Gasteiger partial charge >= 0.3 is 0 Å². The van der Waals surface area contributed by atoms with Crippen molar-refractivity contribution < 1.29 is 18.8 Å². The fraction of sp³-hybridized carbons (Fsp3) is 0.231. The van der Waals surface area contributed by atoms with Crippen molar-refractivity contribution in [2.45, 2.75) is 26.8 Å². The van der Waals surface area contributed by atoms with Crippen LogP contribution in [0.4, 0.5) is 15.8 Å². The van der Waals surface area contributed by atoms with Crippen molar-refractivity contribution in [1.82, 2.24) is 10.2 Å². The number of halogens is 1. The van der Waals surface area contributed by atoms with Crippen molar-refractivity contribution in [3.63, 3.8) is 0 Å². The molecule has 10 heteroatoms. The molecule has 3 amide bonds. The maximum absolute atomic E-state index is 13.4. The van der Waals surface area contributed by atoms with Crippen LogP contribution in [0.1, 0.15) is 49.9 Å². The third-order valence-corrected chi connectivity index (χ3v) is 6.67. The van der Waals surface area contributed by atoms with Crippen molar-refractivity contribution in [2.75, 3.05) is 24.1 Å². The first-order chi connectivity index (χ1) is 17.3. The second kappa shape index (κ2) is 12.1. The molecule has 0 aliphatic carbocycles. The fourth-order valence-corrected chi connectivity index (χ4v) is 4.69. The highest BCUT2D eigenvalue weighted by atomic mass is 32.1. The lowest BCUT2D eigenvalue weighted by molar-refractivity contribution is -0.131. The zero-order chi connectivity index (χ0) is 26.2. The molecule has 1 aliphatic heterocycles. The van der Waals surface area contributed by atoms with Gasteiger partial charge < -0.3 is 26.7 Å². The summed E-state index contributed by atoms with van der Waals surface area (Å²) in [5, 5.41) is 12.6. The van der Waals surface area contributed by atoms with Gasteiger partial charge in [-0.1, -0.05) is 19.9 Å². The smallest absolute Gasteiger partial charge is 0.265 e. The van der Waals surface area contributed by atoms with E-state index in [1.807, 2.05) is 13.8 Å². The molecule has 0 radical (unpaired) electrons. The van der Waals surface area contributed by atoms with Crippen LogP contribution in [0.5, 0.6) is 0 Å². The summed E-state index contributed by atoms with van der Waals surface area (Å²) in [6.45, 7) is 4.65. The second-order valence-electron chi connectivity index (χ2n) is 7.76. The maximum Gasteiger partial charge on any atom is 0.265 e. The van der Waals surface area contributed by atoms with Crippen LogP contribution in [-0.2, 0) is 17.8 Å². The summed E-state index contributed by atoms with van der Waals surface area (Å²) in [6.07, 6.45) is 1.67. The van der Waals surface area contributed by atoms with Gasteiger partial charge in [0.25, 0.3) is 11.8 Å². The molecule has 2 aromatic carbocycles. The van der Waals surface area contributed by atoms with Crippen LogP contribution in [0.3, 0.4) is 0 Å². The van der Waals surface area contributed by atoms with E-state index in [1.165, 1.54) is 41.7 Å². The number of hydrogen-bond acceptors (Lipinski definition) is 6. The SMILES string of the molecule is CC.N=Cc1cc(C(=O)NCC(=O)N2CCc3sc(C(=O)Nc4cccc(F)c4)cc3C2)ccc1N. The van der Waals surface area contributed by atoms with E-state index >= 15 is 0 Å². The highest BCUT2D eigenvalue weighted by Gasteiger charge is 2.25. The number of nitrogens with one attached hydrogen (secondary N) is 3. The van der Waals surface area contributed by atoms with E-state index in [9.17, 15) is 18.8 Å². The number of amides is 3. The minimum absolute atomic E-state index is 0.171. The number of nitrogen functional groups attached to an aromatic ring is 1. The van der Waals surface area contributed by atoms with Crippen LogP contribution in [0.2, 0.25) is 0 Å². The molecule has 0 saturated carbocycles. The minimum Gasteiger partial charge on any atom is -0.398 e. The first-order valence-corrected chi connectivity index (χ1v) is 12.3. The molecule has 5 N–H and O–H groups in total. The number of carbonyl (C=O) groups is 3. The first kappa shape index (κ1) is 26.6. The lowest BCUT2D eigenvalue weighted by Crippen LogP contribution is -2.42. The zero-order valence-corrected chi connectivity index (χ0v) is 20.9. The van der Waals surface area contributed by atoms with Crippen molar-refractivity contribution >= 4 is 46.6 Å². The number of benzene rings is 2. The van der Waals surface area contributed by atoms with Gasteiger partial charge in [0.05, 0.1) is 11.4 Å². The predicted molar refractivity (Wildman–Crippen MR) is 140 cm³/mol. The molecule has 8 nitrogen and oxygen atoms in total. The Morgan fingerprint density at radius 2 is 1.92 bits per heavy atom. The topological polar surface area (TPSA) is 128 Å². The quantitative estimate of drug-likeness (QED) is 0.295. The Morgan fingerprint density at radius 1 is 1.14 bits per heavy atom. The Balaban J connectivity index is 0.00000176. The molecular formula is C26H28FN5O3S. The average molecular weight is 510 g/mol. The summed E-state index contributed by atoms with van der Waals surface area (Å²) < 4.78 is 13.4. The molecule has 0 spiro atoms. The number of carbonyl (C=O) groups excluding carboxylic acids is 3. The Hall–Kier alpha value is -4.05. The molecule has 188 valence electrons. The number of hydrogen-bond donors (Lipinski definition) is 4. The van der Waals surface area contributed by atoms with Gasteiger partial charge in [-0.25, -0.2) is 4.39 Å². The molecule has 1 aliphatic rings. The molecule has 4 rings (SSSR count).